The van der Waals surface area contributed by atoms with Crippen molar-refractivity contribution < 1.29 is 14.7 Å². The summed E-state index contributed by atoms with van der Waals surface area (Å²) < 4.78 is 0. The SMILES string of the molecule is CNC(=O)C(C)CN(C)C(=O)c1ccc(C#CCO)cc1. The van der Waals surface area contributed by atoms with Crippen molar-refractivity contribution in [3.8, 4) is 11.8 Å². The molecule has 0 heterocycles. The summed E-state index contributed by atoms with van der Waals surface area (Å²) in [6.45, 7) is 1.93. The second kappa shape index (κ2) is 8.08. The Bertz CT molecular complexity index is 555. The number of aliphatic hydroxyl groups is 1. The second-order valence-corrected chi connectivity index (χ2v) is 4.74. The van der Waals surface area contributed by atoms with Crippen molar-refractivity contribution in [1.29, 1.82) is 0 Å². The number of nitrogens with zero attached hydrogens (tertiary/aromatic N) is 1. The maximum absolute atomic E-state index is 12.2. The van der Waals surface area contributed by atoms with Gasteiger partial charge in [-0.25, -0.2) is 0 Å². The normalized spacial score (nSPS) is 11.0. The molecule has 1 atom stereocenters. The summed E-state index contributed by atoms with van der Waals surface area (Å²) in [5, 5.41) is 11.2. The molecule has 2 N–H and O–H groups in total. The summed E-state index contributed by atoms with van der Waals surface area (Å²) in [7, 11) is 3.24. The third-order valence-corrected chi connectivity index (χ3v) is 3.03. The van der Waals surface area contributed by atoms with Gasteiger partial charge in [-0.05, 0) is 24.3 Å². The smallest absolute Gasteiger partial charge is 0.253 e. The Morgan fingerprint density at radius 1 is 1.33 bits per heavy atom. The lowest BCUT2D eigenvalue weighted by Gasteiger charge is -2.20. The topological polar surface area (TPSA) is 69.6 Å². The van der Waals surface area contributed by atoms with Gasteiger partial charge in [-0.2, -0.15) is 0 Å². The maximum atomic E-state index is 12.2. The maximum Gasteiger partial charge on any atom is 0.253 e. The molecule has 0 aliphatic heterocycles. The molecule has 0 aliphatic rings. The first-order valence-electron chi connectivity index (χ1n) is 6.66. The number of carbonyl (C=O) groups is 2. The van der Waals surface area contributed by atoms with Crippen LogP contribution in [-0.4, -0.2) is 49.1 Å². The van der Waals surface area contributed by atoms with Gasteiger partial charge in [0.05, 0.1) is 5.92 Å². The lowest BCUT2D eigenvalue weighted by Crippen LogP contribution is -2.37. The van der Waals surface area contributed by atoms with Crippen molar-refractivity contribution in [2.75, 3.05) is 27.2 Å². The molecular weight excluding hydrogens is 268 g/mol. The van der Waals surface area contributed by atoms with E-state index in [0.29, 0.717) is 12.1 Å². The van der Waals surface area contributed by atoms with E-state index in [-0.39, 0.29) is 24.3 Å². The minimum atomic E-state index is -0.265. The van der Waals surface area contributed by atoms with Crippen LogP contribution in [-0.2, 0) is 4.79 Å². The summed E-state index contributed by atoms with van der Waals surface area (Å²) in [6.07, 6.45) is 0. The molecule has 0 aromatic heterocycles. The van der Waals surface area contributed by atoms with E-state index in [1.165, 1.54) is 4.90 Å². The summed E-state index contributed by atoms with van der Waals surface area (Å²) in [5.41, 5.74) is 1.28. The van der Waals surface area contributed by atoms with E-state index in [2.05, 4.69) is 17.2 Å². The van der Waals surface area contributed by atoms with Crippen LogP contribution in [0.5, 0.6) is 0 Å². The highest BCUT2D eigenvalue weighted by Gasteiger charge is 2.18. The number of nitrogens with one attached hydrogen (secondary N) is 1. The Balaban J connectivity index is 2.72. The first-order valence-corrected chi connectivity index (χ1v) is 6.66. The highest BCUT2D eigenvalue weighted by Crippen LogP contribution is 2.08. The molecule has 0 bridgehead atoms. The third kappa shape index (κ3) is 4.93. The molecule has 5 nitrogen and oxygen atoms in total. The van der Waals surface area contributed by atoms with Crippen molar-refractivity contribution in [2.24, 2.45) is 5.92 Å². The number of benzene rings is 1. The van der Waals surface area contributed by atoms with E-state index < -0.39 is 0 Å². The van der Waals surface area contributed by atoms with Gasteiger partial charge in [-0.3, -0.25) is 9.59 Å². The van der Waals surface area contributed by atoms with Crippen LogP contribution in [0.15, 0.2) is 24.3 Å². The van der Waals surface area contributed by atoms with Crippen molar-refractivity contribution in [2.45, 2.75) is 6.92 Å². The zero-order valence-corrected chi connectivity index (χ0v) is 12.5. The van der Waals surface area contributed by atoms with Crippen molar-refractivity contribution in [3.63, 3.8) is 0 Å². The highest BCUT2D eigenvalue weighted by atomic mass is 16.2. The van der Waals surface area contributed by atoms with E-state index in [1.807, 2.05) is 0 Å². The number of amides is 2. The minimum Gasteiger partial charge on any atom is -0.384 e. The van der Waals surface area contributed by atoms with Crippen LogP contribution in [0, 0.1) is 17.8 Å². The number of carbonyl (C=O) groups excluding carboxylic acids is 2. The molecule has 21 heavy (non-hydrogen) atoms. The van der Waals surface area contributed by atoms with Crippen LogP contribution in [0.1, 0.15) is 22.8 Å². The van der Waals surface area contributed by atoms with Gasteiger partial charge in [0.25, 0.3) is 5.91 Å². The summed E-state index contributed by atoms with van der Waals surface area (Å²) in [4.78, 5) is 25.2. The van der Waals surface area contributed by atoms with Gasteiger partial charge < -0.3 is 15.3 Å². The van der Waals surface area contributed by atoms with Crippen molar-refractivity contribution in [3.05, 3.63) is 35.4 Å². The average molecular weight is 288 g/mol. The first kappa shape index (κ1) is 16.7. The molecule has 1 aromatic rings. The van der Waals surface area contributed by atoms with Crippen LogP contribution in [0.3, 0.4) is 0 Å². The predicted molar refractivity (Wildman–Crippen MR) is 80.6 cm³/mol. The molecular formula is C16H20N2O3. The van der Waals surface area contributed by atoms with Gasteiger partial charge in [-0.15, -0.1) is 0 Å². The van der Waals surface area contributed by atoms with Crippen LogP contribution < -0.4 is 5.32 Å². The summed E-state index contributed by atoms with van der Waals surface area (Å²) >= 11 is 0. The van der Waals surface area contributed by atoms with Crippen LogP contribution in [0.25, 0.3) is 0 Å². The van der Waals surface area contributed by atoms with Gasteiger partial charge >= 0.3 is 0 Å². The van der Waals surface area contributed by atoms with Crippen LogP contribution in [0.4, 0.5) is 0 Å². The van der Waals surface area contributed by atoms with Crippen molar-refractivity contribution in [1.82, 2.24) is 10.2 Å². The molecule has 0 saturated heterocycles. The number of hydrogen-bond donors (Lipinski definition) is 2. The predicted octanol–water partition coefficient (Wildman–Crippen LogP) is 0.484. The largest absolute Gasteiger partial charge is 0.384 e. The quantitative estimate of drug-likeness (QED) is 0.792. The van der Waals surface area contributed by atoms with E-state index in [0.717, 1.165) is 5.56 Å². The van der Waals surface area contributed by atoms with Gasteiger partial charge in [0.2, 0.25) is 5.91 Å². The Labute approximate surface area is 125 Å². The second-order valence-electron chi connectivity index (χ2n) is 4.74. The van der Waals surface area contributed by atoms with Gasteiger partial charge in [-0.1, -0.05) is 18.8 Å². The Hall–Kier alpha value is -2.32. The van der Waals surface area contributed by atoms with E-state index in [1.54, 1.807) is 45.3 Å². The minimum absolute atomic E-state index is 0.0933. The molecule has 112 valence electrons. The number of rotatable bonds is 4. The zero-order valence-electron chi connectivity index (χ0n) is 12.5. The standard InChI is InChI=1S/C16H20N2O3/c1-12(15(20)17-2)11-18(3)16(21)14-8-6-13(7-9-14)5-4-10-19/h6-9,12,19H,10-11H2,1-3H3,(H,17,20). The molecule has 0 radical (unpaired) electrons. The first-order chi connectivity index (χ1) is 9.99. The molecule has 1 rings (SSSR count). The fraction of sp³-hybridized carbons (Fsp3) is 0.375. The monoisotopic (exact) mass is 288 g/mol. The van der Waals surface area contributed by atoms with Crippen molar-refractivity contribution >= 4 is 11.8 Å². The Kier molecular flexibility index (Phi) is 6.44. The Morgan fingerprint density at radius 3 is 2.48 bits per heavy atom. The van der Waals surface area contributed by atoms with E-state index >= 15 is 0 Å². The number of hydrogen-bond acceptors (Lipinski definition) is 3. The zero-order chi connectivity index (χ0) is 15.8. The Morgan fingerprint density at radius 2 is 1.95 bits per heavy atom. The fourth-order valence-electron chi connectivity index (χ4n) is 1.88. The van der Waals surface area contributed by atoms with Gasteiger partial charge in [0, 0.05) is 31.8 Å². The summed E-state index contributed by atoms with van der Waals surface area (Å²) in [6, 6.07) is 6.83. The lowest BCUT2D eigenvalue weighted by molar-refractivity contribution is -0.124. The molecule has 5 heteroatoms. The fourth-order valence-corrected chi connectivity index (χ4v) is 1.88. The molecule has 1 aromatic carbocycles. The number of aliphatic hydroxyl groups excluding tert-OH is 1. The molecule has 0 saturated carbocycles. The van der Waals surface area contributed by atoms with Gasteiger partial charge in [0.15, 0.2) is 0 Å². The lowest BCUT2D eigenvalue weighted by atomic mass is 10.1. The molecule has 0 fully saturated rings. The van der Waals surface area contributed by atoms with Crippen LogP contribution in [0.2, 0.25) is 0 Å². The highest BCUT2D eigenvalue weighted by molar-refractivity contribution is 5.94. The summed E-state index contributed by atoms with van der Waals surface area (Å²) in [5.74, 6) is 4.81. The average Bonchev–Trinajstić information content (AvgIpc) is 2.51. The third-order valence-electron chi connectivity index (χ3n) is 3.03. The van der Waals surface area contributed by atoms with Gasteiger partial charge in [0.1, 0.15) is 6.61 Å². The molecule has 2 amide bonds. The van der Waals surface area contributed by atoms with E-state index in [4.69, 9.17) is 5.11 Å². The van der Waals surface area contributed by atoms with Crippen LogP contribution >= 0.6 is 0 Å². The molecule has 0 aliphatic carbocycles. The van der Waals surface area contributed by atoms with E-state index in [9.17, 15) is 9.59 Å². The molecule has 1 unspecified atom stereocenters. The molecule has 0 spiro atoms.